The van der Waals surface area contributed by atoms with Gasteiger partial charge in [-0.25, -0.2) is 13.2 Å². The molecule has 0 spiro atoms. The molecule has 0 bridgehead atoms. The quantitative estimate of drug-likeness (QED) is 0.824. The number of carbonyl (C=O) groups excluding carboxylic acids is 1. The van der Waals surface area contributed by atoms with Gasteiger partial charge in [0.2, 0.25) is 5.56 Å². The second kappa shape index (κ2) is 5.70. The first kappa shape index (κ1) is 15.3. The highest BCUT2D eigenvalue weighted by Crippen LogP contribution is 2.30. The number of methoxy groups -OCH3 is 1. The van der Waals surface area contributed by atoms with Crippen LogP contribution in [0.2, 0.25) is 0 Å². The Morgan fingerprint density at radius 1 is 1.38 bits per heavy atom. The third-order valence-electron chi connectivity index (χ3n) is 2.65. The van der Waals surface area contributed by atoms with E-state index in [1.165, 1.54) is 13.2 Å². The highest BCUT2D eigenvalue weighted by atomic mass is 32.2. The van der Waals surface area contributed by atoms with Gasteiger partial charge in [0.15, 0.2) is 0 Å². The van der Waals surface area contributed by atoms with Crippen molar-refractivity contribution in [2.45, 2.75) is 11.8 Å². The van der Waals surface area contributed by atoms with Crippen molar-refractivity contribution in [1.29, 1.82) is 0 Å². The molecule has 2 N–H and O–H groups in total. The van der Waals surface area contributed by atoms with E-state index in [4.69, 9.17) is 0 Å². The maximum Gasteiger partial charge on any atom is 0.350 e. The van der Waals surface area contributed by atoms with Crippen LogP contribution in [0.1, 0.15) is 15.2 Å². The van der Waals surface area contributed by atoms with E-state index in [0.717, 1.165) is 23.6 Å². The number of nitrogens with one attached hydrogen (secondary N) is 2. The number of esters is 1. The number of aryl methyl sites for hydroxylation is 1. The summed E-state index contributed by atoms with van der Waals surface area (Å²) < 4.78 is 31.5. The first-order valence-corrected chi connectivity index (χ1v) is 8.09. The van der Waals surface area contributed by atoms with Gasteiger partial charge in [0.25, 0.3) is 10.0 Å². The number of thiophene rings is 1. The fraction of sp³-hybridized carbons (Fsp3) is 0.167. The summed E-state index contributed by atoms with van der Waals surface area (Å²) in [4.78, 5) is 24.9. The van der Waals surface area contributed by atoms with Gasteiger partial charge in [-0.15, -0.1) is 11.3 Å². The molecule has 2 heterocycles. The zero-order chi connectivity index (χ0) is 15.6. The van der Waals surface area contributed by atoms with E-state index in [0.29, 0.717) is 5.56 Å². The van der Waals surface area contributed by atoms with E-state index in [9.17, 15) is 18.0 Å². The third-order valence-corrected chi connectivity index (χ3v) is 5.07. The Hall–Kier alpha value is -2.13. The van der Waals surface area contributed by atoms with Crippen LogP contribution in [0.5, 0.6) is 0 Å². The maximum atomic E-state index is 12.2. The Balaban J connectivity index is 2.42. The SMILES string of the molecule is COC(=O)c1scc(C)c1NS(=O)(=O)c1ccc(=O)[nH]c1. The summed E-state index contributed by atoms with van der Waals surface area (Å²) in [6.07, 6.45) is 1.09. The zero-order valence-electron chi connectivity index (χ0n) is 11.2. The van der Waals surface area contributed by atoms with E-state index in [1.54, 1.807) is 12.3 Å². The van der Waals surface area contributed by atoms with Crippen LogP contribution in [0, 0.1) is 6.92 Å². The van der Waals surface area contributed by atoms with Crippen LogP contribution in [0.15, 0.2) is 33.4 Å². The number of hydrogen-bond acceptors (Lipinski definition) is 6. The first-order valence-electron chi connectivity index (χ1n) is 5.73. The molecule has 21 heavy (non-hydrogen) atoms. The Kier molecular flexibility index (Phi) is 4.14. The fourth-order valence-corrected chi connectivity index (χ4v) is 3.67. The van der Waals surface area contributed by atoms with Gasteiger partial charge in [0.1, 0.15) is 9.77 Å². The molecule has 0 atom stereocenters. The van der Waals surface area contributed by atoms with Gasteiger partial charge in [-0.2, -0.15) is 0 Å². The molecular formula is C12H12N2O5S2. The molecule has 112 valence electrons. The van der Waals surface area contributed by atoms with Crippen LogP contribution in [-0.4, -0.2) is 26.5 Å². The van der Waals surface area contributed by atoms with Gasteiger partial charge in [-0.05, 0) is 23.9 Å². The zero-order valence-corrected chi connectivity index (χ0v) is 12.8. The summed E-state index contributed by atoms with van der Waals surface area (Å²) in [6, 6.07) is 2.29. The highest BCUT2D eigenvalue weighted by molar-refractivity contribution is 7.92. The Bertz CT molecular complexity index is 815. The van der Waals surface area contributed by atoms with E-state index in [-0.39, 0.29) is 15.5 Å². The predicted octanol–water partition coefficient (Wildman–Crippen LogP) is 1.33. The van der Waals surface area contributed by atoms with Gasteiger partial charge in [-0.1, -0.05) is 0 Å². The predicted molar refractivity (Wildman–Crippen MR) is 78.3 cm³/mol. The standard InChI is InChI=1S/C12H12N2O5S2/c1-7-6-20-11(12(16)19-2)10(7)14-21(17,18)8-3-4-9(15)13-5-8/h3-6,14H,1-2H3,(H,13,15). The summed E-state index contributed by atoms with van der Waals surface area (Å²) in [7, 11) is -2.69. The van der Waals surface area contributed by atoms with E-state index >= 15 is 0 Å². The minimum Gasteiger partial charge on any atom is -0.465 e. The van der Waals surface area contributed by atoms with Crippen LogP contribution in [0.3, 0.4) is 0 Å². The molecule has 0 fully saturated rings. The molecule has 0 unspecified atom stereocenters. The molecule has 0 saturated carbocycles. The number of ether oxygens (including phenoxy) is 1. The second-order valence-corrected chi connectivity index (χ2v) is 6.67. The van der Waals surface area contributed by atoms with Gasteiger partial charge in [-0.3, -0.25) is 9.52 Å². The lowest BCUT2D eigenvalue weighted by atomic mass is 10.3. The largest absolute Gasteiger partial charge is 0.465 e. The van der Waals surface area contributed by atoms with E-state index < -0.39 is 21.6 Å². The van der Waals surface area contributed by atoms with Crippen molar-refractivity contribution in [3.63, 3.8) is 0 Å². The van der Waals surface area contributed by atoms with Gasteiger partial charge in [0, 0.05) is 12.3 Å². The van der Waals surface area contributed by atoms with Crippen LogP contribution >= 0.6 is 11.3 Å². The smallest absolute Gasteiger partial charge is 0.350 e. The molecular weight excluding hydrogens is 316 g/mol. The second-order valence-electron chi connectivity index (χ2n) is 4.11. The molecule has 2 aromatic rings. The minimum atomic E-state index is -3.91. The summed E-state index contributed by atoms with van der Waals surface area (Å²) in [5, 5.41) is 1.65. The number of aromatic amines is 1. The number of rotatable bonds is 4. The van der Waals surface area contributed by atoms with Crippen molar-refractivity contribution in [2.24, 2.45) is 0 Å². The third kappa shape index (κ3) is 3.14. The summed E-state index contributed by atoms with van der Waals surface area (Å²) >= 11 is 1.09. The van der Waals surface area contributed by atoms with Gasteiger partial charge >= 0.3 is 5.97 Å². The van der Waals surface area contributed by atoms with Crippen molar-refractivity contribution in [2.75, 3.05) is 11.8 Å². The van der Waals surface area contributed by atoms with Crippen LogP contribution < -0.4 is 10.3 Å². The lowest BCUT2D eigenvalue weighted by Crippen LogP contribution is -2.17. The Labute approximate surface area is 124 Å². The molecule has 0 aliphatic heterocycles. The van der Waals surface area contributed by atoms with Crippen molar-refractivity contribution >= 4 is 33.0 Å². The van der Waals surface area contributed by atoms with Crippen LogP contribution in [0.25, 0.3) is 0 Å². The molecule has 7 nitrogen and oxygen atoms in total. The lowest BCUT2D eigenvalue weighted by Gasteiger charge is -2.09. The van der Waals surface area contributed by atoms with Crippen molar-refractivity contribution in [3.8, 4) is 0 Å². The average molecular weight is 328 g/mol. The molecule has 0 aliphatic rings. The fourth-order valence-electron chi connectivity index (χ4n) is 1.57. The summed E-state index contributed by atoms with van der Waals surface area (Å²) in [5.41, 5.74) is 0.377. The lowest BCUT2D eigenvalue weighted by molar-refractivity contribution is 0.0607. The molecule has 0 amide bonds. The number of carbonyl (C=O) groups is 1. The van der Waals surface area contributed by atoms with Crippen LogP contribution in [-0.2, 0) is 14.8 Å². The number of hydrogen-bond donors (Lipinski definition) is 2. The van der Waals surface area contributed by atoms with Crippen molar-refractivity contribution in [3.05, 3.63) is 44.5 Å². The normalized spacial score (nSPS) is 11.1. The number of sulfonamides is 1. The van der Waals surface area contributed by atoms with Gasteiger partial charge < -0.3 is 9.72 Å². The monoisotopic (exact) mass is 328 g/mol. The minimum absolute atomic E-state index is 0.108. The molecule has 0 aromatic carbocycles. The van der Waals surface area contributed by atoms with Crippen molar-refractivity contribution in [1.82, 2.24) is 4.98 Å². The highest BCUT2D eigenvalue weighted by Gasteiger charge is 2.22. The molecule has 2 rings (SSSR count). The van der Waals surface area contributed by atoms with Gasteiger partial charge in [0.05, 0.1) is 12.8 Å². The molecule has 0 radical (unpaired) electrons. The molecule has 9 heteroatoms. The van der Waals surface area contributed by atoms with Crippen molar-refractivity contribution < 1.29 is 17.9 Å². The Morgan fingerprint density at radius 2 is 2.10 bits per heavy atom. The van der Waals surface area contributed by atoms with E-state index in [2.05, 4.69) is 14.4 Å². The summed E-state index contributed by atoms with van der Waals surface area (Å²) in [5.74, 6) is -0.618. The average Bonchev–Trinajstić information content (AvgIpc) is 2.79. The maximum absolute atomic E-state index is 12.2. The number of anilines is 1. The van der Waals surface area contributed by atoms with Crippen LogP contribution in [0.4, 0.5) is 5.69 Å². The Morgan fingerprint density at radius 3 is 2.67 bits per heavy atom. The summed E-state index contributed by atoms with van der Waals surface area (Å²) in [6.45, 7) is 1.67. The number of pyridine rings is 1. The molecule has 2 aromatic heterocycles. The first-order chi connectivity index (χ1) is 9.85. The number of aromatic nitrogens is 1. The topological polar surface area (TPSA) is 105 Å². The molecule has 0 saturated heterocycles. The van der Waals surface area contributed by atoms with E-state index in [1.807, 2.05) is 0 Å². The number of H-pyrrole nitrogens is 1. The molecule has 0 aliphatic carbocycles.